The van der Waals surface area contributed by atoms with E-state index in [0.717, 1.165) is 60.6 Å². The zero-order chi connectivity index (χ0) is 23.1. The molecule has 0 radical (unpaired) electrons. The maximum absolute atomic E-state index is 14.5. The van der Waals surface area contributed by atoms with Crippen LogP contribution in [-0.2, 0) is 13.6 Å². The number of benzene rings is 1. The van der Waals surface area contributed by atoms with Crippen LogP contribution >= 0.6 is 0 Å². The number of aryl methyl sites for hydroxylation is 2. The molecular weight excluding hydrogens is 421 g/mol. The van der Waals surface area contributed by atoms with Crippen LogP contribution in [0, 0.1) is 6.92 Å². The van der Waals surface area contributed by atoms with E-state index in [9.17, 15) is 9.18 Å². The van der Waals surface area contributed by atoms with Gasteiger partial charge in [0, 0.05) is 65.1 Å². The van der Waals surface area contributed by atoms with E-state index in [1.807, 2.05) is 36.0 Å². The zero-order valence-electron chi connectivity index (χ0n) is 19.2. The number of nitrogens with one attached hydrogen (secondary N) is 1. The molecule has 33 heavy (non-hydrogen) atoms. The summed E-state index contributed by atoms with van der Waals surface area (Å²) in [6.07, 6.45) is 5.65. The van der Waals surface area contributed by atoms with Gasteiger partial charge in [-0.25, -0.2) is 4.98 Å². The highest BCUT2D eigenvalue weighted by Crippen LogP contribution is 2.28. The Labute approximate surface area is 191 Å². The fourth-order valence-corrected chi connectivity index (χ4v) is 4.57. The lowest BCUT2D eigenvalue weighted by Crippen LogP contribution is -2.46. The van der Waals surface area contributed by atoms with Crippen molar-refractivity contribution >= 4 is 11.0 Å². The Bertz CT molecular complexity index is 1310. The lowest BCUT2D eigenvalue weighted by molar-refractivity contribution is 0.148. The molecule has 8 nitrogen and oxygen atoms in total. The first-order valence-corrected chi connectivity index (χ1v) is 11.2. The van der Waals surface area contributed by atoms with Gasteiger partial charge in [0.1, 0.15) is 5.69 Å². The summed E-state index contributed by atoms with van der Waals surface area (Å²) in [4.78, 5) is 25.9. The molecule has 0 aliphatic carbocycles. The molecule has 0 spiro atoms. The molecule has 4 heterocycles. The van der Waals surface area contributed by atoms with Crippen LogP contribution in [-0.4, -0.2) is 74.2 Å². The van der Waals surface area contributed by atoms with Crippen LogP contribution in [0.1, 0.15) is 11.3 Å². The van der Waals surface area contributed by atoms with Gasteiger partial charge in [-0.15, -0.1) is 0 Å². The number of piperazine rings is 1. The second-order valence-corrected chi connectivity index (χ2v) is 8.75. The molecule has 1 N–H and O–H groups in total. The minimum Gasteiger partial charge on any atom is -0.365 e. The molecule has 0 saturated carbocycles. The average molecular weight is 450 g/mol. The molecule has 5 rings (SSSR count). The van der Waals surface area contributed by atoms with Gasteiger partial charge in [-0.1, -0.05) is 6.08 Å². The van der Waals surface area contributed by atoms with Gasteiger partial charge in [0.25, 0.3) is 5.56 Å². The number of rotatable bonds is 4. The number of likely N-dealkylation sites (N-methyl/N-ethyl adjacent to an activating group) is 1. The summed E-state index contributed by atoms with van der Waals surface area (Å²) in [5.41, 5.74) is 5.41. The van der Waals surface area contributed by atoms with Crippen molar-refractivity contribution in [2.24, 2.45) is 7.05 Å². The summed E-state index contributed by atoms with van der Waals surface area (Å²) >= 11 is 0. The second-order valence-electron chi connectivity index (χ2n) is 8.75. The lowest BCUT2D eigenvalue weighted by Gasteiger charge is -2.38. The summed E-state index contributed by atoms with van der Waals surface area (Å²) in [5, 5.41) is 4.31. The first-order valence-electron chi connectivity index (χ1n) is 11.2. The predicted molar refractivity (Wildman–Crippen MR) is 126 cm³/mol. The largest absolute Gasteiger partial charge is 0.365 e. The first kappa shape index (κ1) is 21.4. The maximum Gasteiger partial charge on any atom is 0.269 e. The maximum atomic E-state index is 14.5. The molecule has 2 aliphatic rings. The van der Waals surface area contributed by atoms with Gasteiger partial charge in [0.2, 0.25) is 5.95 Å². The molecule has 1 saturated heterocycles. The van der Waals surface area contributed by atoms with Crippen LogP contribution < -0.4 is 5.56 Å². The van der Waals surface area contributed by atoms with E-state index in [-0.39, 0.29) is 11.5 Å². The minimum atomic E-state index is -0.176. The standard InChI is InChI=1S/C24H28FN7O/c1-16-24(33)28-19-14-17(13-18(22(19)27-16)20-6-7-26-30(20)3)15-31-9-11-32(12-10-31)21-5-4-8-29(2)23(21)25/h4-7,13-14H,8-12,15H2,1-3H3,(H,28,33). The van der Waals surface area contributed by atoms with Crippen molar-refractivity contribution in [1.82, 2.24) is 34.4 Å². The van der Waals surface area contributed by atoms with Crippen LogP contribution in [0.25, 0.3) is 22.3 Å². The van der Waals surface area contributed by atoms with Gasteiger partial charge >= 0.3 is 0 Å². The quantitative estimate of drug-likeness (QED) is 0.617. The molecule has 2 aliphatic heterocycles. The highest BCUT2D eigenvalue weighted by Gasteiger charge is 2.23. The highest BCUT2D eigenvalue weighted by atomic mass is 19.1. The zero-order valence-corrected chi connectivity index (χ0v) is 19.2. The third-order valence-corrected chi connectivity index (χ3v) is 6.44. The van der Waals surface area contributed by atoms with E-state index >= 15 is 0 Å². The molecule has 172 valence electrons. The molecule has 0 unspecified atom stereocenters. The smallest absolute Gasteiger partial charge is 0.269 e. The molecule has 3 aromatic rings. The number of H-pyrrole nitrogens is 1. The number of fused-ring (bicyclic) bond motifs is 1. The van der Waals surface area contributed by atoms with E-state index in [1.165, 1.54) is 0 Å². The number of nitrogens with zero attached hydrogens (tertiary/aromatic N) is 6. The summed E-state index contributed by atoms with van der Waals surface area (Å²) in [5.74, 6) is -0.159. The number of halogens is 1. The van der Waals surface area contributed by atoms with Gasteiger partial charge in [-0.05, 0) is 36.8 Å². The van der Waals surface area contributed by atoms with Crippen molar-refractivity contribution in [1.29, 1.82) is 0 Å². The summed E-state index contributed by atoms with van der Waals surface area (Å²) in [6.45, 7) is 6.25. The van der Waals surface area contributed by atoms with Crippen LogP contribution in [0.3, 0.4) is 0 Å². The SMILES string of the molecule is Cc1nc2c(-c3ccnn3C)cc(CN3CCN(C4=C(F)N(C)CC=C4)CC3)cc2[nH]c1=O. The molecule has 0 amide bonds. The van der Waals surface area contributed by atoms with Gasteiger partial charge in [0.05, 0.1) is 22.4 Å². The molecule has 0 bridgehead atoms. The Morgan fingerprint density at radius 2 is 1.94 bits per heavy atom. The van der Waals surface area contributed by atoms with Crippen LogP contribution in [0.15, 0.2) is 53.0 Å². The number of aromatic amines is 1. The number of allylic oxidation sites excluding steroid dienone is 1. The normalized spacial score (nSPS) is 17.5. The van der Waals surface area contributed by atoms with Gasteiger partial charge < -0.3 is 14.8 Å². The molecule has 0 atom stereocenters. The topological polar surface area (TPSA) is 73.3 Å². The van der Waals surface area contributed by atoms with E-state index in [0.29, 0.717) is 17.9 Å². The van der Waals surface area contributed by atoms with Crippen LogP contribution in [0.5, 0.6) is 0 Å². The highest BCUT2D eigenvalue weighted by molar-refractivity contribution is 5.91. The van der Waals surface area contributed by atoms with E-state index < -0.39 is 0 Å². The van der Waals surface area contributed by atoms with Crippen LogP contribution in [0.2, 0.25) is 0 Å². The van der Waals surface area contributed by atoms with E-state index in [4.69, 9.17) is 0 Å². The second kappa shape index (κ2) is 8.47. The summed E-state index contributed by atoms with van der Waals surface area (Å²) in [6, 6.07) is 6.10. The van der Waals surface area contributed by atoms with Gasteiger partial charge in [0.15, 0.2) is 0 Å². The Balaban J connectivity index is 1.40. The van der Waals surface area contributed by atoms with Crippen LogP contribution in [0.4, 0.5) is 4.39 Å². The molecule has 1 fully saturated rings. The molecule has 9 heteroatoms. The molecule has 2 aromatic heterocycles. The third kappa shape index (κ3) is 4.04. The van der Waals surface area contributed by atoms with Gasteiger partial charge in [-0.2, -0.15) is 9.49 Å². The lowest BCUT2D eigenvalue weighted by atomic mass is 10.0. The van der Waals surface area contributed by atoms with Crippen molar-refractivity contribution in [3.05, 3.63) is 69.8 Å². The Morgan fingerprint density at radius 3 is 2.67 bits per heavy atom. The van der Waals surface area contributed by atoms with E-state index in [1.54, 1.807) is 25.1 Å². The van der Waals surface area contributed by atoms with Crippen molar-refractivity contribution in [3.8, 4) is 11.3 Å². The third-order valence-electron chi connectivity index (χ3n) is 6.44. The van der Waals surface area contributed by atoms with E-state index in [2.05, 4.69) is 30.9 Å². The Morgan fingerprint density at radius 1 is 1.15 bits per heavy atom. The first-order chi connectivity index (χ1) is 15.9. The monoisotopic (exact) mass is 449 g/mol. The predicted octanol–water partition coefficient (Wildman–Crippen LogP) is 2.39. The number of hydrogen-bond acceptors (Lipinski definition) is 6. The van der Waals surface area contributed by atoms with Crippen molar-refractivity contribution < 1.29 is 4.39 Å². The van der Waals surface area contributed by atoms with Crippen molar-refractivity contribution in [3.63, 3.8) is 0 Å². The Hall–Kier alpha value is -3.46. The fraction of sp³-hybridized carbons (Fsp3) is 0.375. The number of aromatic nitrogens is 4. The van der Waals surface area contributed by atoms with Gasteiger partial charge in [-0.3, -0.25) is 14.4 Å². The average Bonchev–Trinajstić information content (AvgIpc) is 3.22. The van der Waals surface area contributed by atoms with Crippen molar-refractivity contribution in [2.45, 2.75) is 13.5 Å². The summed E-state index contributed by atoms with van der Waals surface area (Å²) < 4.78 is 16.4. The van der Waals surface area contributed by atoms with Crippen molar-refractivity contribution in [2.75, 3.05) is 39.8 Å². The molecular formula is C24H28FN7O. The number of hydrogen-bond donors (Lipinski definition) is 1. The summed E-state index contributed by atoms with van der Waals surface area (Å²) in [7, 11) is 3.67. The molecule has 1 aromatic carbocycles. The minimum absolute atomic E-state index is 0.159. The fourth-order valence-electron chi connectivity index (χ4n) is 4.57. The Kier molecular flexibility index (Phi) is 5.49.